The first kappa shape index (κ1) is 16.0. The van der Waals surface area contributed by atoms with Crippen LogP contribution in [-0.2, 0) is 4.79 Å². The van der Waals surface area contributed by atoms with Crippen LogP contribution < -0.4 is 9.47 Å². The summed E-state index contributed by atoms with van der Waals surface area (Å²) in [4.78, 5) is 20.7. The first-order valence-corrected chi connectivity index (χ1v) is 6.51. The first-order valence-electron chi connectivity index (χ1n) is 6.51. The lowest BCUT2D eigenvalue weighted by atomic mass is 10.2. The zero-order valence-corrected chi connectivity index (χ0v) is 12.1. The lowest BCUT2D eigenvalue weighted by molar-refractivity contribution is -0.384. The van der Waals surface area contributed by atoms with Gasteiger partial charge in [0.15, 0.2) is 11.5 Å². The van der Waals surface area contributed by atoms with E-state index in [0.29, 0.717) is 22.8 Å². The molecule has 23 heavy (non-hydrogen) atoms. The van der Waals surface area contributed by atoms with Gasteiger partial charge in [-0.3, -0.25) is 10.1 Å². The molecule has 0 amide bonds. The molecule has 0 aliphatic rings. The number of ether oxygens (including phenoxy) is 2. The second-order valence-electron chi connectivity index (χ2n) is 4.43. The number of non-ortho nitro benzene ring substituents is 1. The predicted molar refractivity (Wildman–Crippen MR) is 82.8 cm³/mol. The van der Waals surface area contributed by atoms with Crippen LogP contribution in [0.1, 0.15) is 5.56 Å². The van der Waals surface area contributed by atoms with Gasteiger partial charge < -0.3 is 14.6 Å². The smallest absolute Gasteiger partial charge is 0.328 e. The molecular weight excluding hydrogens is 302 g/mol. The van der Waals surface area contributed by atoms with Gasteiger partial charge in [-0.05, 0) is 35.9 Å². The van der Waals surface area contributed by atoms with Crippen LogP contribution in [0.5, 0.6) is 17.2 Å². The van der Waals surface area contributed by atoms with Gasteiger partial charge in [-0.2, -0.15) is 0 Å². The third-order valence-electron chi connectivity index (χ3n) is 2.88. The van der Waals surface area contributed by atoms with Crippen molar-refractivity contribution in [2.24, 2.45) is 0 Å². The van der Waals surface area contributed by atoms with E-state index in [0.717, 1.165) is 6.08 Å². The van der Waals surface area contributed by atoms with Crippen LogP contribution in [0.25, 0.3) is 6.08 Å². The number of methoxy groups -OCH3 is 1. The summed E-state index contributed by atoms with van der Waals surface area (Å²) in [5.74, 6) is 0.164. The first-order chi connectivity index (χ1) is 11.0. The monoisotopic (exact) mass is 315 g/mol. The van der Waals surface area contributed by atoms with Crippen LogP contribution in [-0.4, -0.2) is 23.1 Å². The Labute approximate surface area is 131 Å². The molecule has 2 rings (SSSR count). The summed E-state index contributed by atoms with van der Waals surface area (Å²) in [6, 6.07) is 10.5. The molecule has 0 unspecified atom stereocenters. The van der Waals surface area contributed by atoms with Crippen LogP contribution in [0.3, 0.4) is 0 Å². The van der Waals surface area contributed by atoms with Crippen LogP contribution in [0.4, 0.5) is 5.69 Å². The molecule has 0 spiro atoms. The van der Waals surface area contributed by atoms with Gasteiger partial charge in [0.2, 0.25) is 0 Å². The number of aliphatic carboxylic acids is 1. The number of nitro groups is 1. The van der Waals surface area contributed by atoms with Crippen molar-refractivity contribution in [1.82, 2.24) is 0 Å². The second kappa shape index (κ2) is 7.08. The van der Waals surface area contributed by atoms with Crippen LogP contribution >= 0.6 is 0 Å². The Morgan fingerprint density at radius 1 is 1.17 bits per heavy atom. The minimum atomic E-state index is -1.06. The van der Waals surface area contributed by atoms with Gasteiger partial charge in [-0.1, -0.05) is 6.07 Å². The average molecular weight is 315 g/mol. The highest BCUT2D eigenvalue weighted by Crippen LogP contribution is 2.33. The second-order valence-corrected chi connectivity index (χ2v) is 4.43. The summed E-state index contributed by atoms with van der Waals surface area (Å²) in [6.45, 7) is 0. The van der Waals surface area contributed by atoms with Crippen molar-refractivity contribution < 1.29 is 24.3 Å². The predicted octanol–water partition coefficient (Wildman–Crippen LogP) is 3.49. The van der Waals surface area contributed by atoms with Crippen molar-refractivity contribution in [3.63, 3.8) is 0 Å². The number of rotatable bonds is 6. The zero-order chi connectivity index (χ0) is 16.8. The van der Waals surface area contributed by atoms with Gasteiger partial charge >= 0.3 is 5.97 Å². The summed E-state index contributed by atoms with van der Waals surface area (Å²) in [5.41, 5.74) is 0.576. The minimum absolute atomic E-state index is 0.0394. The molecule has 2 aromatic rings. The van der Waals surface area contributed by atoms with Gasteiger partial charge in [-0.15, -0.1) is 0 Å². The maximum atomic E-state index is 10.6. The summed E-state index contributed by atoms with van der Waals surface area (Å²) < 4.78 is 10.8. The van der Waals surface area contributed by atoms with Crippen molar-refractivity contribution in [3.05, 3.63) is 64.2 Å². The van der Waals surface area contributed by atoms with E-state index in [1.165, 1.54) is 37.5 Å². The fraction of sp³-hybridized carbons (Fsp3) is 0.0625. The van der Waals surface area contributed by atoms with E-state index in [1.54, 1.807) is 18.2 Å². The van der Waals surface area contributed by atoms with Crippen molar-refractivity contribution in [1.29, 1.82) is 0 Å². The third-order valence-corrected chi connectivity index (χ3v) is 2.88. The Balaban J connectivity index is 2.27. The quantitative estimate of drug-likeness (QED) is 0.497. The number of nitro benzene ring substituents is 1. The zero-order valence-electron chi connectivity index (χ0n) is 12.1. The van der Waals surface area contributed by atoms with Crippen molar-refractivity contribution >= 4 is 17.7 Å². The van der Waals surface area contributed by atoms with E-state index < -0.39 is 10.9 Å². The lowest BCUT2D eigenvalue weighted by Gasteiger charge is -2.11. The van der Waals surface area contributed by atoms with Gasteiger partial charge in [0, 0.05) is 18.2 Å². The van der Waals surface area contributed by atoms with Gasteiger partial charge in [-0.25, -0.2) is 4.79 Å². The molecule has 118 valence electrons. The van der Waals surface area contributed by atoms with E-state index in [2.05, 4.69) is 0 Å². The largest absolute Gasteiger partial charge is 0.493 e. The number of hydrogen-bond acceptors (Lipinski definition) is 5. The van der Waals surface area contributed by atoms with E-state index in [4.69, 9.17) is 14.6 Å². The van der Waals surface area contributed by atoms with Crippen LogP contribution in [0.15, 0.2) is 48.5 Å². The van der Waals surface area contributed by atoms with E-state index in [9.17, 15) is 14.9 Å². The normalized spacial score (nSPS) is 10.5. The maximum absolute atomic E-state index is 10.6. The molecule has 1 N–H and O–H groups in total. The van der Waals surface area contributed by atoms with Crippen molar-refractivity contribution in [2.45, 2.75) is 0 Å². The standard InChI is InChI=1S/C16H13NO6/c1-22-14-8-2-11(3-9-16(18)19)10-15(14)23-13-6-4-12(5-7-13)17(20)21/h2-10H,1H3,(H,18,19). The number of nitrogens with zero attached hydrogens (tertiary/aromatic N) is 1. The fourth-order valence-electron chi connectivity index (χ4n) is 1.81. The topological polar surface area (TPSA) is 98.9 Å². The van der Waals surface area contributed by atoms with Crippen LogP contribution in [0.2, 0.25) is 0 Å². The Hall–Kier alpha value is -3.35. The number of hydrogen-bond donors (Lipinski definition) is 1. The number of benzene rings is 2. The molecule has 0 aromatic heterocycles. The molecular formula is C16H13NO6. The Morgan fingerprint density at radius 3 is 2.43 bits per heavy atom. The van der Waals surface area contributed by atoms with Crippen molar-refractivity contribution in [2.75, 3.05) is 7.11 Å². The Bertz CT molecular complexity index is 752. The highest BCUT2D eigenvalue weighted by molar-refractivity contribution is 5.85. The van der Waals surface area contributed by atoms with Gasteiger partial charge in [0.25, 0.3) is 5.69 Å². The molecule has 0 heterocycles. The molecule has 0 bridgehead atoms. The summed E-state index contributed by atoms with van der Waals surface area (Å²) in [6.07, 6.45) is 2.43. The maximum Gasteiger partial charge on any atom is 0.328 e. The molecule has 0 saturated heterocycles. The van der Waals surface area contributed by atoms with Crippen LogP contribution in [0, 0.1) is 10.1 Å². The molecule has 0 saturated carbocycles. The molecule has 7 nitrogen and oxygen atoms in total. The summed E-state index contributed by atoms with van der Waals surface area (Å²) >= 11 is 0. The number of carboxylic acids is 1. The van der Waals surface area contributed by atoms with E-state index in [1.807, 2.05) is 0 Å². The van der Waals surface area contributed by atoms with Crippen molar-refractivity contribution in [3.8, 4) is 17.2 Å². The van der Waals surface area contributed by atoms with E-state index >= 15 is 0 Å². The number of carbonyl (C=O) groups is 1. The van der Waals surface area contributed by atoms with Gasteiger partial charge in [0.05, 0.1) is 12.0 Å². The highest BCUT2D eigenvalue weighted by Gasteiger charge is 2.09. The molecule has 0 atom stereocenters. The van der Waals surface area contributed by atoms with Gasteiger partial charge in [0.1, 0.15) is 5.75 Å². The molecule has 2 aromatic carbocycles. The fourth-order valence-corrected chi connectivity index (χ4v) is 1.81. The highest BCUT2D eigenvalue weighted by atomic mass is 16.6. The minimum Gasteiger partial charge on any atom is -0.493 e. The third kappa shape index (κ3) is 4.31. The average Bonchev–Trinajstić information content (AvgIpc) is 2.53. The molecule has 7 heteroatoms. The molecule has 0 radical (unpaired) electrons. The SMILES string of the molecule is COc1ccc(C=CC(=O)O)cc1Oc1ccc([N+](=O)[O-])cc1. The molecule has 0 aliphatic carbocycles. The lowest BCUT2D eigenvalue weighted by Crippen LogP contribution is -1.92. The number of carboxylic acid groups (broad SMARTS) is 1. The Kier molecular flexibility index (Phi) is 4.93. The Morgan fingerprint density at radius 2 is 1.87 bits per heavy atom. The molecule has 0 aliphatic heterocycles. The summed E-state index contributed by atoms with van der Waals surface area (Å²) in [7, 11) is 1.48. The van der Waals surface area contributed by atoms with E-state index in [-0.39, 0.29) is 5.69 Å². The summed E-state index contributed by atoms with van der Waals surface area (Å²) in [5, 5.41) is 19.3. The molecule has 0 fully saturated rings.